The van der Waals surface area contributed by atoms with Crippen LogP contribution in [0.3, 0.4) is 0 Å². The molecule has 2 N–H and O–H groups in total. The van der Waals surface area contributed by atoms with Crippen molar-refractivity contribution in [3.05, 3.63) is 0 Å². The molecular formula is C28H58N2O5S. The Morgan fingerprint density at radius 1 is 0.750 bits per heavy atom. The molecule has 0 saturated heterocycles. The van der Waals surface area contributed by atoms with Gasteiger partial charge in [-0.2, -0.15) is 0 Å². The largest absolute Gasteiger partial charge is 0.466 e. The zero-order chi connectivity index (χ0) is 26.9. The number of aliphatic hydroxyl groups is 1. The number of nitrogens with one attached hydrogen (secondary N) is 1. The minimum absolute atomic E-state index is 0.0529. The van der Waals surface area contributed by atoms with Gasteiger partial charge in [0.25, 0.3) is 0 Å². The van der Waals surface area contributed by atoms with Crippen molar-refractivity contribution in [2.45, 2.75) is 96.8 Å². The Bertz CT molecular complexity index is 529. The fraction of sp³-hybridized carbons (Fsp3) is 0.929. The van der Waals surface area contributed by atoms with E-state index in [4.69, 9.17) is 9.47 Å². The van der Waals surface area contributed by atoms with Crippen molar-refractivity contribution in [1.29, 1.82) is 0 Å². The molecule has 0 atom stereocenters. The van der Waals surface area contributed by atoms with Crippen LogP contribution >= 0.6 is 10.0 Å². The molecule has 0 aliphatic carbocycles. The SMILES string of the molecule is CCCCCCCCCOC(=O)CCCCCCCN(CCO)CCCNC(=O)OCCS(C)(C)C. The van der Waals surface area contributed by atoms with E-state index in [1.165, 1.54) is 32.1 Å². The number of rotatable bonds is 25. The number of nitrogens with zero attached hydrogens (tertiary/aromatic N) is 1. The molecule has 0 aromatic heterocycles. The van der Waals surface area contributed by atoms with Crippen molar-refractivity contribution in [3.8, 4) is 0 Å². The van der Waals surface area contributed by atoms with Crippen molar-refractivity contribution >= 4 is 22.1 Å². The highest BCUT2D eigenvalue weighted by Crippen LogP contribution is 2.33. The van der Waals surface area contributed by atoms with Crippen LogP contribution in [0.1, 0.15) is 96.8 Å². The summed E-state index contributed by atoms with van der Waals surface area (Å²) >= 11 is 0. The molecule has 0 rings (SSSR count). The highest BCUT2D eigenvalue weighted by molar-refractivity contribution is 8.32. The van der Waals surface area contributed by atoms with E-state index in [2.05, 4.69) is 35.9 Å². The van der Waals surface area contributed by atoms with E-state index in [9.17, 15) is 14.7 Å². The Labute approximate surface area is 223 Å². The maximum Gasteiger partial charge on any atom is 0.407 e. The number of carbonyl (C=O) groups excluding carboxylic acids is 2. The summed E-state index contributed by atoms with van der Waals surface area (Å²) in [6.45, 7) is 6.45. The van der Waals surface area contributed by atoms with Gasteiger partial charge < -0.3 is 24.8 Å². The van der Waals surface area contributed by atoms with Crippen LogP contribution in [-0.2, 0) is 14.3 Å². The van der Waals surface area contributed by atoms with E-state index < -0.39 is 10.0 Å². The van der Waals surface area contributed by atoms with Crippen LogP contribution in [0.4, 0.5) is 4.79 Å². The molecule has 0 aromatic rings. The molecule has 0 aromatic carbocycles. The summed E-state index contributed by atoms with van der Waals surface area (Å²) in [6.07, 6.45) is 21.5. The van der Waals surface area contributed by atoms with E-state index in [0.29, 0.717) is 32.7 Å². The smallest absolute Gasteiger partial charge is 0.407 e. The number of hydrogen-bond donors (Lipinski definition) is 2. The van der Waals surface area contributed by atoms with Gasteiger partial charge in [0.2, 0.25) is 0 Å². The number of alkyl carbamates (subject to hydrolysis) is 1. The second-order valence-electron chi connectivity index (χ2n) is 10.6. The monoisotopic (exact) mass is 534 g/mol. The number of esters is 1. The van der Waals surface area contributed by atoms with Gasteiger partial charge in [0.15, 0.2) is 0 Å². The van der Waals surface area contributed by atoms with Crippen LogP contribution in [0.15, 0.2) is 0 Å². The van der Waals surface area contributed by atoms with Crippen molar-refractivity contribution in [2.24, 2.45) is 0 Å². The first-order chi connectivity index (χ1) is 17.3. The molecule has 8 heteroatoms. The third kappa shape index (κ3) is 26.1. The lowest BCUT2D eigenvalue weighted by Crippen LogP contribution is -2.33. The van der Waals surface area contributed by atoms with Gasteiger partial charge >= 0.3 is 12.1 Å². The maximum atomic E-state index is 11.8. The second kappa shape index (κ2) is 24.4. The molecule has 0 radical (unpaired) electrons. The van der Waals surface area contributed by atoms with E-state index in [1.54, 1.807) is 0 Å². The minimum atomic E-state index is -0.647. The van der Waals surface area contributed by atoms with Gasteiger partial charge in [-0.1, -0.05) is 64.7 Å². The summed E-state index contributed by atoms with van der Waals surface area (Å²) in [7, 11) is -0.647. The molecular weight excluding hydrogens is 476 g/mol. The number of ether oxygens (including phenoxy) is 2. The Morgan fingerprint density at radius 2 is 1.36 bits per heavy atom. The highest BCUT2D eigenvalue weighted by atomic mass is 32.3. The van der Waals surface area contributed by atoms with Crippen molar-refractivity contribution < 1.29 is 24.2 Å². The van der Waals surface area contributed by atoms with Crippen molar-refractivity contribution in [1.82, 2.24) is 10.2 Å². The third-order valence-electron chi connectivity index (χ3n) is 6.13. The van der Waals surface area contributed by atoms with Crippen LogP contribution in [0.25, 0.3) is 0 Å². The summed E-state index contributed by atoms with van der Waals surface area (Å²) in [4.78, 5) is 25.8. The molecule has 0 fully saturated rings. The van der Waals surface area contributed by atoms with Crippen LogP contribution in [0.2, 0.25) is 0 Å². The molecule has 0 aliphatic heterocycles. The fourth-order valence-electron chi connectivity index (χ4n) is 3.86. The number of unbranched alkanes of at least 4 members (excludes halogenated alkanes) is 10. The fourth-order valence-corrected chi connectivity index (χ4v) is 4.44. The van der Waals surface area contributed by atoms with E-state index in [0.717, 1.165) is 70.2 Å². The minimum Gasteiger partial charge on any atom is -0.466 e. The molecule has 0 unspecified atom stereocenters. The molecule has 0 saturated carbocycles. The van der Waals surface area contributed by atoms with E-state index >= 15 is 0 Å². The van der Waals surface area contributed by atoms with Gasteiger partial charge in [0.1, 0.15) is 6.61 Å². The summed E-state index contributed by atoms with van der Waals surface area (Å²) in [5, 5.41) is 12.1. The number of hydrogen-bond acceptors (Lipinski definition) is 6. The zero-order valence-corrected chi connectivity index (χ0v) is 24.8. The molecule has 0 spiro atoms. The van der Waals surface area contributed by atoms with Gasteiger partial charge in [0.05, 0.1) is 13.2 Å². The molecule has 216 valence electrons. The average Bonchev–Trinajstić information content (AvgIpc) is 2.82. The first kappa shape index (κ1) is 35.0. The standard InChI is InChI=1S/C28H58N2O5S/c1-5-6-7-8-9-13-16-24-34-27(32)18-14-11-10-12-15-20-30(22-23-31)21-17-19-29-28(33)35-25-26-36(2,3)4/h31H,5-26H2,1-4H3,(H,29,33). The average molecular weight is 535 g/mol. The van der Waals surface area contributed by atoms with Gasteiger partial charge in [-0.25, -0.2) is 14.8 Å². The van der Waals surface area contributed by atoms with Gasteiger partial charge in [-0.3, -0.25) is 4.79 Å². The van der Waals surface area contributed by atoms with Crippen LogP contribution in [-0.4, -0.2) is 92.6 Å². The maximum absolute atomic E-state index is 11.8. The second-order valence-corrected chi connectivity index (χ2v) is 15.2. The summed E-state index contributed by atoms with van der Waals surface area (Å²) < 4.78 is 10.6. The van der Waals surface area contributed by atoms with Gasteiger partial charge in [-0.15, -0.1) is 0 Å². The Hall–Kier alpha value is -0.990. The predicted octanol–water partition coefficient (Wildman–Crippen LogP) is 5.73. The Kier molecular flexibility index (Phi) is 23.7. The number of carbonyl (C=O) groups is 2. The molecule has 7 nitrogen and oxygen atoms in total. The number of amides is 1. The lowest BCUT2D eigenvalue weighted by Gasteiger charge is -2.24. The topological polar surface area (TPSA) is 88.1 Å². The van der Waals surface area contributed by atoms with Crippen molar-refractivity contribution in [2.75, 3.05) is 70.5 Å². The molecule has 36 heavy (non-hydrogen) atoms. The van der Waals surface area contributed by atoms with Crippen LogP contribution < -0.4 is 5.32 Å². The van der Waals surface area contributed by atoms with E-state index in [-0.39, 0.29) is 18.7 Å². The Morgan fingerprint density at radius 3 is 2.03 bits per heavy atom. The van der Waals surface area contributed by atoms with Gasteiger partial charge in [0, 0.05) is 25.3 Å². The zero-order valence-electron chi connectivity index (χ0n) is 24.0. The highest BCUT2D eigenvalue weighted by Gasteiger charge is 2.08. The summed E-state index contributed by atoms with van der Waals surface area (Å²) in [5.41, 5.74) is 0. The lowest BCUT2D eigenvalue weighted by atomic mass is 10.1. The first-order valence-electron chi connectivity index (χ1n) is 14.3. The van der Waals surface area contributed by atoms with E-state index in [1.807, 2.05) is 0 Å². The first-order valence-corrected chi connectivity index (χ1v) is 17.4. The quantitative estimate of drug-likeness (QED) is 0.115. The van der Waals surface area contributed by atoms with Crippen molar-refractivity contribution in [3.63, 3.8) is 0 Å². The summed E-state index contributed by atoms with van der Waals surface area (Å²) in [5.74, 6) is 0.872. The molecule has 0 heterocycles. The third-order valence-corrected chi connectivity index (χ3v) is 7.52. The molecule has 0 bridgehead atoms. The predicted molar refractivity (Wildman–Crippen MR) is 154 cm³/mol. The number of aliphatic hydroxyl groups excluding tert-OH is 1. The normalized spacial score (nSPS) is 12.1. The summed E-state index contributed by atoms with van der Waals surface area (Å²) in [6, 6.07) is 0. The molecule has 1 amide bonds. The molecule has 0 aliphatic rings. The lowest BCUT2D eigenvalue weighted by molar-refractivity contribution is -0.143. The van der Waals surface area contributed by atoms with Crippen LogP contribution in [0.5, 0.6) is 0 Å². The Balaban J connectivity index is 3.63. The van der Waals surface area contributed by atoms with Gasteiger partial charge in [-0.05, 0) is 57.5 Å². The van der Waals surface area contributed by atoms with Crippen LogP contribution in [0, 0.1) is 0 Å².